The van der Waals surface area contributed by atoms with Crippen LogP contribution in [-0.2, 0) is 6.42 Å². The van der Waals surface area contributed by atoms with Crippen molar-refractivity contribution in [3.8, 4) is 11.1 Å². The molecule has 0 saturated heterocycles. The Morgan fingerprint density at radius 2 is 1.85 bits per heavy atom. The molecule has 0 bridgehead atoms. The van der Waals surface area contributed by atoms with Crippen molar-refractivity contribution in [2.24, 2.45) is 10.8 Å². The van der Waals surface area contributed by atoms with E-state index in [1.165, 1.54) is 18.4 Å². The van der Waals surface area contributed by atoms with E-state index in [2.05, 4.69) is 40.7 Å². The summed E-state index contributed by atoms with van der Waals surface area (Å²) in [4.78, 5) is 4.59. The van der Waals surface area contributed by atoms with Crippen molar-refractivity contribution in [2.75, 3.05) is 12.4 Å². The molecule has 0 aliphatic heterocycles. The van der Waals surface area contributed by atoms with Crippen LogP contribution in [0.25, 0.3) is 11.1 Å². The van der Waals surface area contributed by atoms with Gasteiger partial charge in [-0.2, -0.15) is 5.10 Å². The average Bonchev–Trinajstić information content (AvgIpc) is 3.56. The number of anilines is 1. The second kappa shape index (κ2) is 8.50. The summed E-state index contributed by atoms with van der Waals surface area (Å²) in [6.45, 7) is 4.15. The molecule has 3 aromatic rings. The van der Waals surface area contributed by atoms with Crippen molar-refractivity contribution < 1.29 is 4.39 Å². The van der Waals surface area contributed by atoms with Gasteiger partial charge < -0.3 is 16.5 Å². The second-order valence-electron chi connectivity index (χ2n) is 9.18. The number of amidine groups is 1. The molecule has 6 heteroatoms. The molecule has 1 fully saturated rings. The maximum atomic E-state index is 15.1. The quantitative estimate of drug-likeness (QED) is 0.274. The number of nitrogens with zero attached hydrogens (tertiary/aromatic N) is 2. The molecule has 33 heavy (non-hydrogen) atoms. The molecule has 2 aliphatic carbocycles. The van der Waals surface area contributed by atoms with Gasteiger partial charge in [-0.25, -0.2) is 9.37 Å². The normalized spacial score (nSPS) is 17.7. The predicted molar refractivity (Wildman–Crippen MR) is 132 cm³/mol. The smallest absolute Gasteiger partial charge is 0.150 e. The monoisotopic (exact) mass is 443 g/mol. The van der Waals surface area contributed by atoms with E-state index < -0.39 is 0 Å². The zero-order valence-corrected chi connectivity index (χ0v) is 19.4. The molecular weight excluding hydrogens is 413 g/mol. The van der Waals surface area contributed by atoms with Gasteiger partial charge in [0.2, 0.25) is 0 Å². The predicted octanol–water partition coefficient (Wildman–Crippen LogP) is 5.32. The lowest BCUT2D eigenvalue weighted by Gasteiger charge is -2.19. The first-order valence-electron chi connectivity index (χ1n) is 11.6. The molecule has 0 unspecified atom stereocenters. The molecule has 0 amide bonds. The van der Waals surface area contributed by atoms with Gasteiger partial charge in [-0.15, -0.1) is 0 Å². The summed E-state index contributed by atoms with van der Waals surface area (Å²) < 4.78 is 15.1. The summed E-state index contributed by atoms with van der Waals surface area (Å²) >= 11 is 0. The van der Waals surface area contributed by atoms with Crippen LogP contribution in [-0.4, -0.2) is 17.9 Å². The van der Waals surface area contributed by atoms with Crippen molar-refractivity contribution in [1.29, 1.82) is 0 Å². The molecule has 1 saturated carbocycles. The first-order valence-corrected chi connectivity index (χ1v) is 11.6. The Hall–Kier alpha value is -3.41. The topological polar surface area (TPSA) is 75.3 Å². The van der Waals surface area contributed by atoms with Crippen molar-refractivity contribution in [2.45, 2.75) is 51.5 Å². The molecule has 0 radical (unpaired) electrons. The minimum atomic E-state index is -0.157. The lowest BCUT2D eigenvalue weighted by Crippen LogP contribution is -2.17. The molecule has 2 aliphatic rings. The number of aryl methyl sites for hydroxylation is 2. The number of nitrogens with two attached hydrogens (primary N) is 1. The minimum Gasteiger partial charge on any atom is -0.382 e. The second-order valence-corrected chi connectivity index (χ2v) is 9.18. The molecule has 170 valence electrons. The molecule has 0 spiro atoms. The summed E-state index contributed by atoms with van der Waals surface area (Å²) in [5.74, 6) is 1.77. The highest BCUT2D eigenvalue weighted by atomic mass is 19.1. The fraction of sp³-hybridized carbons (Fsp3) is 0.333. The lowest BCUT2D eigenvalue weighted by molar-refractivity contribution is 0.598. The molecule has 4 N–H and O–H groups in total. The molecular formula is C27H30FN5. The van der Waals surface area contributed by atoms with E-state index in [4.69, 9.17) is 5.73 Å². The number of hydrogen-bond acceptors (Lipinski definition) is 4. The van der Waals surface area contributed by atoms with Gasteiger partial charge in [0.15, 0.2) is 5.84 Å². The number of aromatic nitrogens is 1. The molecule has 1 heterocycles. The van der Waals surface area contributed by atoms with Crippen LogP contribution in [0.4, 0.5) is 10.2 Å². The Kier molecular flexibility index (Phi) is 5.52. The maximum Gasteiger partial charge on any atom is 0.150 e. The summed E-state index contributed by atoms with van der Waals surface area (Å²) in [5, 5.41) is 7.58. The van der Waals surface area contributed by atoms with Crippen molar-refractivity contribution in [3.63, 3.8) is 0 Å². The van der Waals surface area contributed by atoms with Gasteiger partial charge in [-0.05, 0) is 103 Å². The van der Waals surface area contributed by atoms with Gasteiger partial charge in [0, 0.05) is 24.4 Å². The van der Waals surface area contributed by atoms with Crippen LogP contribution in [0.2, 0.25) is 0 Å². The largest absolute Gasteiger partial charge is 0.382 e. The van der Waals surface area contributed by atoms with Crippen molar-refractivity contribution in [3.05, 3.63) is 81.8 Å². The highest BCUT2D eigenvalue weighted by molar-refractivity contribution is 5.98. The van der Waals surface area contributed by atoms with Crippen LogP contribution in [0, 0.1) is 19.7 Å². The first-order chi connectivity index (χ1) is 16.0. The number of nitrogens with one attached hydrogen (secondary N) is 2. The number of benzene rings is 2. The first kappa shape index (κ1) is 21.4. The van der Waals surface area contributed by atoms with E-state index in [9.17, 15) is 0 Å². The summed E-state index contributed by atoms with van der Waals surface area (Å²) in [6, 6.07) is 11.7. The van der Waals surface area contributed by atoms with Gasteiger partial charge in [0.05, 0.1) is 6.04 Å². The van der Waals surface area contributed by atoms with E-state index in [0.717, 1.165) is 57.6 Å². The number of pyridine rings is 1. The standard InChI is InChI=1S/C27H30FN5/c1-15-12-19(27(29)33-30-3)13-16(2)25(15)20-7-9-22(28)26-21(20)8-10-23(26)32-24-11-6-18(14-31-24)17-4-5-17/h6-7,9,11-14,17,23,30H,4-5,8,10H2,1-3H3,(H2,29,33)(H,31,32)/t23-/m1/s1. The van der Waals surface area contributed by atoms with Crippen LogP contribution in [0.1, 0.15) is 64.6 Å². The van der Waals surface area contributed by atoms with Gasteiger partial charge in [-0.3, -0.25) is 0 Å². The zero-order valence-electron chi connectivity index (χ0n) is 19.4. The number of fused-ring (bicyclic) bond motifs is 1. The van der Waals surface area contributed by atoms with Gasteiger partial charge in [0.25, 0.3) is 0 Å². The molecule has 1 aromatic heterocycles. The molecule has 2 aromatic carbocycles. The lowest BCUT2D eigenvalue weighted by atomic mass is 9.89. The number of rotatable bonds is 6. The Morgan fingerprint density at radius 1 is 1.09 bits per heavy atom. The van der Waals surface area contributed by atoms with E-state index >= 15 is 4.39 Å². The minimum absolute atomic E-state index is 0.0856. The number of halogens is 1. The number of hydrazone groups is 1. The van der Waals surface area contributed by atoms with Gasteiger partial charge >= 0.3 is 0 Å². The highest BCUT2D eigenvalue weighted by Gasteiger charge is 2.30. The van der Waals surface area contributed by atoms with E-state index in [0.29, 0.717) is 11.8 Å². The van der Waals surface area contributed by atoms with E-state index in [1.807, 2.05) is 30.5 Å². The fourth-order valence-corrected chi connectivity index (χ4v) is 5.14. The van der Waals surface area contributed by atoms with Crippen molar-refractivity contribution >= 4 is 11.7 Å². The Labute approximate surface area is 194 Å². The van der Waals surface area contributed by atoms with Crippen LogP contribution in [0.3, 0.4) is 0 Å². The van der Waals surface area contributed by atoms with Crippen LogP contribution in [0.15, 0.2) is 47.7 Å². The Bertz CT molecular complexity index is 1200. The molecule has 1 atom stereocenters. The summed E-state index contributed by atoms with van der Waals surface area (Å²) in [5.41, 5.74) is 17.3. The average molecular weight is 444 g/mol. The van der Waals surface area contributed by atoms with Crippen molar-refractivity contribution in [1.82, 2.24) is 10.4 Å². The van der Waals surface area contributed by atoms with Gasteiger partial charge in [-0.1, -0.05) is 12.1 Å². The van der Waals surface area contributed by atoms with Crippen LogP contribution >= 0.6 is 0 Å². The third-order valence-corrected chi connectivity index (χ3v) is 6.82. The Morgan fingerprint density at radius 3 is 2.48 bits per heavy atom. The third kappa shape index (κ3) is 4.06. The Balaban J connectivity index is 1.48. The van der Waals surface area contributed by atoms with Gasteiger partial charge in [0.1, 0.15) is 11.6 Å². The zero-order chi connectivity index (χ0) is 23.1. The van der Waals surface area contributed by atoms with E-state index in [1.54, 1.807) is 13.1 Å². The number of hydrogen-bond donors (Lipinski definition) is 3. The summed E-state index contributed by atoms with van der Waals surface area (Å²) in [6.07, 6.45) is 6.14. The highest BCUT2D eigenvalue weighted by Crippen LogP contribution is 2.43. The van der Waals surface area contributed by atoms with Crippen LogP contribution < -0.4 is 16.5 Å². The molecule has 5 rings (SSSR count). The summed E-state index contributed by atoms with van der Waals surface area (Å²) in [7, 11) is 1.73. The van der Waals surface area contributed by atoms with Crippen LogP contribution in [0.5, 0.6) is 0 Å². The third-order valence-electron chi connectivity index (χ3n) is 6.82. The SMILES string of the molecule is CN/N=C(\N)c1cc(C)c(-c2ccc(F)c3c2CC[C@H]3Nc2ccc(C3CC3)cn2)c(C)c1. The van der Waals surface area contributed by atoms with E-state index in [-0.39, 0.29) is 11.9 Å². The maximum absolute atomic E-state index is 15.1. The fourth-order valence-electron chi connectivity index (χ4n) is 5.14. The molecule has 5 nitrogen and oxygen atoms in total.